The molecule has 0 aromatic carbocycles. The van der Waals surface area contributed by atoms with Crippen LogP contribution in [0.4, 0.5) is 0 Å². The van der Waals surface area contributed by atoms with Crippen LogP contribution < -0.4 is 5.73 Å². The molecule has 0 aromatic heterocycles. The van der Waals surface area contributed by atoms with E-state index in [2.05, 4.69) is 25.7 Å². The molecule has 0 spiro atoms. The van der Waals surface area contributed by atoms with Gasteiger partial charge in [0, 0.05) is 32.8 Å². The van der Waals surface area contributed by atoms with Crippen molar-refractivity contribution in [1.82, 2.24) is 4.90 Å². The Labute approximate surface area is 94.0 Å². The van der Waals surface area contributed by atoms with Crippen LogP contribution in [0.2, 0.25) is 0 Å². The molecular formula is C12H26N2O. The average molecular weight is 214 g/mol. The smallest absolute Gasteiger partial charge is 0.0710 e. The van der Waals surface area contributed by atoms with E-state index in [-0.39, 0.29) is 0 Å². The first-order valence-electron chi connectivity index (χ1n) is 5.93. The van der Waals surface area contributed by atoms with Gasteiger partial charge in [-0.3, -0.25) is 4.90 Å². The summed E-state index contributed by atoms with van der Waals surface area (Å²) in [6.07, 6.45) is 2.73. The zero-order chi connectivity index (χ0) is 11.5. The number of likely N-dealkylation sites (tertiary alicyclic amines) is 1. The standard InChI is InChI=1S/C12H26N2O/c1-12(2,3)7-10(8-13)14-6-5-11(9-14)15-4/h10-11H,5-9,13H2,1-4H3. The summed E-state index contributed by atoms with van der Waals surface area (Å²) in [5, 5.41) is 0. The number of methoxy groups -OCH3 is 1. The van der Waals surface area contributed by atoms with Crippen LogP contribution >= 0.6 is 0 Å². The molecule has 3 nitrogen and oxygen atoms in total. The lowest BCUT2D eigenvalue weighted by molar-refractivity contribution is 0.0954. The first kappa shape index (κ1) is 12.9. The van der Waals surface area contributed by atoms with Gasteiger partial charge in [0.15, 0.2) is 0 Å². The Kier molecular flexibility index (Phi) is 4.56. The third kappa shape index (κ3) is 4.09. The fraction of sp³-hybridized carbons (Fsp3) is 1.00. The van der Waals surface area contributed by atoms with E-state index in [1.54, 1.807) is 7.11 Å². The Balaban J connectivity index is 2.46. The van der Waals surface area contributed by atoms with Crippen molar-refractivity contribution < 1.29 is 4.74 Å². The van der Waals surface area contributed by atoms with Gasteiger partial charge in [-0.15, -0.1) is 0 Å². The number of hydrogen-bond donors (Lipinski definition) is 1. The van der Waals surface area contributed by atoms with Crippen molar-refractivity contribution in [2.24, 2.45) is 11.1 Å². The monoisotopic (exact) mass is 214 g/mol. The Bertz CT molecular complexity index is 189. The molecule has 90 valence electrons. The maximum Gasteiger partial charge on any atom is 0.0710 e. The van der Waals surface area contributed by atoms with Crippen LogP contribution in [0.5, 0.6) is 0 Å². The fourth-order valence-electron chi connectivity index (χ4n) is 2.35. The summed E-state index contributed by atoms with van der Waals surface area (Å²) in [5.41, 5.74) is 6.22. The summed E-state index contributed by atoms with van der Waals surface area (Å²) in [5.74, 6) is 0. The molecule has 3 heteroatoms. The van der Waals surface area contributed by atoms with Crippen molar-refractivity contribution >= 4 is 0 Å². The van der Waals surface area contributed by atoms with E-state index in [1.807, 2.05) is 0 Å². The topological polar surface area (TPSA) is 38.5 Å². The number of nitrogens with zero attached hydrogens (tertiary/aromatic N) is 1. The van der Waals surface area contributed by atoms with Gasteiger partial charge in [0.1, 0.15) is 0 Å². The first-order valence-corrected chi connectivity index (χ1v) is 5.93. The predicted molar refractivity (Wildman–Crippen MR) is 63.9 cm³/mol. The summed E-state index contributed by atoms with van der Waals surface area (Å²) in [4.78, 5) is 2.49. The number of rotatable bonds is 4. The van der Waals surface area contributed by atoms with Gasteiger partial charge in [0.05, 0.1) is 6.10 Å². The molecule has 0 aliphatic carbocycles. The van der Waals surface area contributed by atoms with Gasteiger partial charge in [-0.05, 0) is 18.3 Å². The molecule has 1 fully saturated rings. The second-order valence-corrected chi connectivity index (χ2v) is 5.80. The predicted octanol–water partition coefficient (Wildman–Crippen LogP) is 1.47. The molecular weight excluding hydrogens is 188 g/mol. The van der Waals surface area contributed by atoms with Gasteiger partial charge in [0.2, 0.25) is 0 Å². The number of hydrogen-bond acceptors (Lipinski definition) is 3. The molecule has 2 atom stereocenters. The van der Waals surface area contributed by atoms with E-state index in [9.17, 15) is 0 Å². The molecule has 0 amide bonds. The molecule has 1 rings (SSSR count). The highest BCUT2D eigenvalue weighted by Crippen LogP contribution is 2.25. The van der Waals surface area contributed by atoms with Gasteiger partial charge in [-0.2, -0.15) is 0 Å². The van der Waals surface area contributed by atoms with E-state index in [4.69, 9.17) is 10.5 Å². The molecule has 15 heavy (non-hydrogen) atoms. The van der Waals surface area contributed by atoms with E-state index in [0.717, 1.165) is 26.1 Å². The number of ether oxygens (including phenoxy) is 1. The van der Waals surface area contributed by atoms with Crippen molar-refractivity contribution in [2.75, 3.05) is 26.7 Å². The molecule has 2 unspecified atom stereocenters. The average Bonchev–Trinajstić information content (AvgIpc) is 2.60. The minimum atomic E-state index is 0.356. The molecule has 1 saturated heterocycles. The molecule has 0 radical (unpaired) electrons. The first-order chi connectivity index (χ1) is 6.96. The Hall–Kier alpha value is -0.120. The van der Waals surface area contributed by atoms with E-state index >= 15 is 0 Å². The highest BCUT2D eigenvalue weighted by atomic mass is 16.5. The maximum absolute atomic E-state index is 5.86. The van der Waals surface area contributed by atoms with Crippen LogP contribution in [-0.4, -0.2) is 43.8 Å². The molecule has 0 bridgehead atoms. The highest BCUT2D eigenvalue weighted by molar-refractivity contribution is 4.85. The normalized spacial score (nSPS) is 25.8. The third-order valence-corrected chi connectivity index (χ3v) is 3.15. The van der Waals surface area contributed by atoms with Crippen molar-refractivity contribution in [3.63, 3.8) is 0 Å². The second-order valence-electron chi connectivity index (χ2n) is 5.80. The van der Waals surface area contributed by atoms with Gasteiger partial charge in [-0.1, -0.05) is 20.8 Å². The summed E-state index contributed by atoms with van der Waals surface area (Å²) in [7, 11) is 1.80. The van der Waals surface area contributed by atoms with Crippen molar-refractivity contribution in [2.45, 2.75) is 45.8 Å². The van der Waals surface area contributed by atoms with Crippen LogP contribution in [0.15, 0.2) is 0 Å². The molecule has 2 N–H and O–H groups in total. The summed E-state index contributed by atoms with van der Waals surface area (Å²) >= 11 is 0. The zero-order valence-electron chi connectivity index (χ0n) is 10.6. The fourth-order valence-corrected chi connectivity index (χ4v) is 2.35. The van der Waals surface area contributed by atoms with Crippen molar-refractivity contribution in [3.05, 3.63) is 0 Å². The highest BCUT2D eigenvalue weighted by Gasteiger charge is 2.29. The molecule has 1 heterocycles. The minimum Gasteiger partial charge on any atom is -0.380 e. The van der Waals surface area contributed by atoms with Gasteiger partial charge in [0.25, 0.3) is 0 Å². The number of nitrogens with two attached hydrogens (primary N) is 1. The molecule has 1 aliphatic rings. The molecule has 0 saturated carbocycles. The lowest BCUT2D eigenvalue weighted by atomic mass is 9.87. The van der Waals surface area contributed by atoms with E-state index < -0.39 is 0 Å². The van der Waals surface area contributed by atoms with Crippen LogP contribution in [0, 0.1) is 5.41 Å². The van der Waals surface area contributed by atoms with Crippen LogP contribution in [0.1, 0.15) is 33.6 Å². The quantitative estimate of drug-likeness (QED) is 0.770. The zero-order valence-corrected chi connectivity index (χ0v) is 10.6. The SMILES string of the molecule is COC1CCN(C(CN)CC(C)(C)C)C1. The van der Waals surface area contributed by atoms with E-state index in [0.29, 0.717) is 17.6 Å². The lowest BCUT2D eigenvalue weighted by Gasteiger charge is -2.32. The summed E-state index contributed by atoms with van der Waals surface area (Å²) < 4.78 is 5.38. The third-order valence-electron chi connectivity index (χ3n) is 3.15. The largest absolute Gasteiger partial charge is 0.380 e. The van der Waals surface area contributed by atoms with Crippen molar-refractivity contribution in [3.8, 4) is 0 Å². The summed E-state index contributed by atoms with van der Waals surface area (Å²) in [6, 6.07) is 0.519. The maximum atomic E-state index is 5.86. The molecule has 0 aromatic rings. The Morgan fingerprint density at radius 1 is 1.47 bits per heavy atom. The van der Waals surface area contributed by atoms with Gasteiger partial charge in [-0.25, -0.2) is 0 Å². The van der Waals surface area contributed by atoms with Crippen LogP contribution in [0.25, 0.3) is 0 Å². The Morgan fingerprint density at radius 3 is 2.53 bits per heavy atom. The minimum absolute atomic E-state index is 0.356. The molecule has 1 aliphatic heterocycles. The second kappa shape index (κ2) is 5.28. The van der Waals surface area contributed by atoms with Gasteiger partial charge >= 0.3 is 0 Å². The van der Waals surface area contributed by atoms with Gasteiger partial charge < -0.3 is 10.5 Å². The van der Waals surface area contributed by atoms with Crippen molar-refractivity contribution in [1.29, 1.82) is 0 Å². The van der Waals surface area contributed by atoms with Crippen LogP contribution in [0.3, 0.4) is 0 Å². The Morgan fingerprint density at radius 2 is 2.13 bits per heavy atom. The lowest BCUT2D eigenvalue weighted by Crippen LogP contribution is -2.42. The van der Waals surface area contributed by atoms with E-state index in [1.165, 1.54) is 6.42 Å². The van der Waals surface area contributed by atoms with Crippen LogP contribution in [-0.2, 0) is 4.74 Å². The summed E-state index contributed by atoms with van der Waals surface area (Å²) in [6.45, 7) is 9.78.